The van der Waals surface area contributed by atoms with Crippen molar-refractivity contribution in [3.8, 4) is 0 Å². The van der Waals surface area contributed by atoms with E-state index in [9.17, 15) is 9.59 Å². The molecule has 0 amide bonds. The lowest BCUT2D eigenvalue weighted by Crippen LogP contribution is -2.53. The van der Waals surface area contributed by atoms with E-state index in [1.165, 1.54) is 5.57 Å². The van der Waals surface area contributed by atoms with Gasteiger partial charge in [0.2, 0.25) is 0 Å². The van der Waals surface area contributed by atoms with Crippen molar-refractivity contribution in [2.45, 2.75) is 58.3 Å². The van der Waals surface area contributed by atoms with Crippen LogP contribution in [0.2, 0.25) is 0 Å². The number of ether oxygens (including phenoxy) is 1. The minimum Gasteiger partial charge on any atom is -0.384 e. The largest absolute Gasteiger partial charge is 0.384 e. The smallest absolute Gasteiger partial charge is 0.155 e. The molecule has 0 heterocycles. The van der Waals surface area contributed by atoms with Gasteiger partial charge in [-0.3, -0.25) is 9.59 Å². The molecule has 23 heavy (non-hydrogen) atoms. The Morgan fingerprint density at radius 3 is 2.70 bits per heavy atom. The Balaban J connectivity index is 1.72. The van der Waals surface area contributed by atoms with Crippen molar-refractivity contribution >= 4 is 11.6 Å². The fourth-order valence-electron chi connectivity index (χ4n) is 6.66. The third-order valence-corrected chi connectivity index (χ3v) is 7.80. The average Bonchev–Trinajstić information content (AvgIpc) is 2.84. The number of fused-ring (bicyclic) bond motifs is 5. The predicted molar refractivity (Wildman–Crippen MR) is 87.9 cm³/mol. The van der Waals surface area contributed by atoms with Gasteiger partial charge in [0.1, 0.15) is 5.78 Å². The zero-order valence-electron chi connectivity index (χ0n) is 14.4. The van der Waals surface area contributed by atoms with Crippen LogP contribution in [0.15, 0.2) is 11.6 Å². The topological polar surface area (TPSA) is 43.4 Å². The van der Waals surface area contributed by atoms with E-state index in [2.05, 4.69) is 6.92 Å². The maximum atomic E-state index is 12.5. The van der Waals surface area contributed by atoms with Crippen molar-refractivity contribution in [1.82, 2.24) is 0 Å². The fraction of sp³-hybridized carbons (Fsp3) is 0.800. The Morgan fingerprint density at radius 1 is 1.09 bits per heavy atom. The number of rotatable bonds is 2. The summed E-state index contributed by atoms with van der Waals surface area (Å²) in [6.07, 6.45) is 9.75. The van der Waals surface area contributed by atoms with Gasteiger partial charge in [-0.1, -0.05) is 12.5 Å². The molecule has 5 atom stereocenters. The molecule has 0 bridgehead atoms. The van der Waals surface area contributed by atoms with Gasteiger partial charge < -0.3 is 4.74 Å². The van der Waals surface area contributed by atoms with Crippen molar-refractivity contribution in [2.75, 3.05) is 13.7 Å². The Morgan fingerprint density at radius 2 is 1.91 bits per heavy atom. The van der Waals surface area contributed by atoms with Gasteiger partial charge in [-0.15, -0.1) is 0 Å². The number of ketones is 2. The molecule has 0 spiro atoms. The van der Waals surface area contributed by atoms with Crippen molar-refractivity contribution in [2.24, 2.45) is 28.6 Å². The Hall–Kier alpha value is -0.960. The second kappa shape index (κ2) is 5.27. The van der Waals surface area contributed by atoms with E-state index >= 15 is 0 Å². The van der Waals surface area contributed by atoms with Crippen molar-refractivity contribution < 1.29 is 14.3 Å². The lowest BCUT2D eigenvalue weighted by molar-refractivity contribution is -0.134. The van der Waals surface area contributed by atoms with E-state index in [4.69, 9.17) is 4.74 Å². The summed E-state index contributed by atoms with van der Waals surface area (Å²) in [6.45, 7) is 2.96. The second-order valence-corrected chi connectivity index (χ2v) is 8.56. The quantitative estimate of drug-likeness (QED) is 0.780. The summed E-state index contributed by atoms with van der Waals surface area (Å²) < 4.78 is 5.66. The Kier molecular flexibility index (Phi) is 3.57. The van der Waals surface area contributed by atoms with Gasteiger partial charge in [-0.2, -0.15) is 0 Å². The molecule has 0 aromatic carbocycles. The van der Waals surface area contributed by atoms with Crippen LogP contribution in [-0.4, -0.2) is 25.3 Å². The molecule has 0 aliphatic heterocycles. The molecule has 3 fully saturated rings. The number of Topliss-reactive ketones (excluding diaryl/α,β-unsaturated/α-hetero) is 1. The molecule has 4 aliphatic carbocycles. The van der Waals surface area contributed by atoms with Crippen LogP contribution in [0.5, 0.6) is 0 Å². The van der Waals surface area contributed by atoms with Crippen LogP contribution in [0, 0.1) is 28.6 Å². The molecule has 4 rings (SSSR count). The maximum Gasteiger partial charge on any atom is 0.155 e. The first-order chi connectivity index (χ1) is 11.0. The fourth-order valence-corrected chi connectivity index (χ4v) is 6.66. The first-order valence-corrected chi connectivity index (χ1v) is 9.27. The van der Waals surface area contributed by atoms with E-state index < -0.39 is 0 Å². The molecular formula is C20H28O3. The van der Waals surface area contributed by atoms with Gasteiger partial charge in [0.25, 0.3) is 0 Å². The summed E-state index contributed by atoms with van der Waals surface area (Å²) >= 11 is 0. The molecule has 3 saturated carbocycles. The van der Waals surface area contributed by atoms with Crippen LogP contribution in [-0.2, 0) is 14.3 Å². The molecule has 0 aromatic heterocycles. The Bertz CT molecular complexity index is 577. The summed E-state index contributed by atoms with van der Waals surface area (Å²) in [6, 6.07) is 0. The zero-order chi connectivity index (χ0) is 16.2. The standard InChI is InChI=1S/C20H28O3/c1-19-9-8-17-15(16(19)5-6-18(19)22)4-3-13-11-14(21)7-10-20(13,17)12-23-2/h11,15-17H,3-10,12H2,1-2H3/t15-,16-,17+,19-,20+/m0/s1. The van der Waals surface area contributed by atoms with Gasteiger partial charge in [0.05, 0.1) is 6.61 Å². The average molecular weight is 316 g/mol. The van der Waals surface area contributed by atoms with E-state index in [-0.39, 0.29) is 10.8 Å². The number of carbonyl (C=O) groups excluding carboxylic acids is 2. The summed E-state index contributed by atoms with van der Waals surface area (Å²) in [4.78, 5) is 24.4. The van der Waals surface area contributed by atoms with Gasteiger partial charge >= 0.3 is 0 Å². The normalized spacial score (nSPS) is 46.0. The van der Waals surface area contributed by atoms with Crippen molar-refractivity contribution in [1.29, 1.82) is 0 Å². The monoisotopic (exact) mass is 316 g/mol. The third kappa shape index (κ3) is 2.05. The molecule has 0 aromatic rings. The molecule has 4 aliphatic rings. The first-order valence-electron chi connectivity index (χ1n) is 9.27. The first kappa shape index (κ1) is 15.6. The Labute approximate surface area is 138 Å². The molecular weight excluding hydrogens is 288 g/mol. The highest BCUT2D eigenvalue weighted by molar-refractivity contribution is 5.91. The summed E-state index contributed by atoms with van der Waals surface area (Å²) in [5.41, 5.74) is 1.35. The highest BCUT2D eigenvalue weighted by atomic mass is 16.5. The second-order valence-electron chi connectivity index (χ2n) is 8.56. The third-order valence-electron chi connectivity index (χ3n) is 7.80. The van der Waals surface area contributed by atoms with Crippen LogP contribution in [0.1, 0.15) is 58.3 Å². The highest BCUT2D eigenvalue weighted by Gasteiger charge is 2.60. The van der Waals surface area contributed by atoms with Crippen molar-refractivity contribution in [3.05, 3.63) is 11.6 Å². The molecule has 0 radical (unpaired) electrons. The van der Waals surface area contributed by atoms with E-state index in [1.54, 1.807) is 7.11 Å². The molecule has 0 unspecified atom stereocenters. The van der Waals surface area contributed by atoms with E-state index in [1.807, 2.05) is 6.08 Å². The van der Waals surface area contributed by atoms with Gasteiger partial charge in [0, 0.05) is 30.8 Å². The summed E-state index contributed by atoms with van der Waals surface area (Å²) in [5.74, 6) is 2.59. The summed E-state index contributed by atoms with van der Waals surface area (Å²) in [5, 5.41) is 0. The summed E-state index contributed by atoms with van der Waals surface area (Å²) in [7, 11) is 1.79. The van der Waals surface area contributed by atoms with Crippen LogP contribution in [0.3, 0.4) is 0 Å². The van der Waals surface area contributed by atoms with Gasteiger partial charge in [0.15, 0.2) is 5.78 Å². The molecule has 3 nitrogen and oxygen atoms in total. The number of carbonyl (C=O) groups is 2. The minimum atomic E-state index is -0.0683. The van der Waals surface area contributed by atoms with Gasteiger partial charge in [-0.25, -0.2) is 0 Å². The highest BCUT2D eigenvalue weighted by Crippen LogP contribution is 2.64. The van der Waals surface area contributed by atoms with Crippen molar-refractivity contribution in [3.63, 3.8) is 0 Å². The number of methoxy groups -OCH3 is 1. The van der Waals surface area contributed by atoms with Gasteiger partial charge in [-0.05, 0) is 62.4 Å². The SMILES string of the molecule is COC[C@]12CCC(=O)C=C1CC[C@@H]1[C@H]2CC[C@]2(C)C(=O)CC[C@@H]12. The zero-order valence-corrected chi connectivity index (χ0v) is 14.4. The molecule has 3 heteroatoms. The lowest BCUT2D eigenvalue weighted by atomic mass is 9.47. The predicted octanol–water partition coefficient (Wildman–Crippen LogP) is 3.71. The number of hydrogen-bond donors (Lipinski definition) is 0. The van der Waals surface area contributed by atoms with Crippen LogP contribution in [0.25, 0.3) is 0 Å². The van der Waals surface area contributed by atoms with E-state index in [0.29, 0.717) is 35.7 Å². The molecule has 0 N–H and O–H groups in total. The number of hydrogen-bond acceptors (Lipinski definition) is 3. The van der Waals surface area contributed by atoms with Crippen LogP contribution >= 0.6 is 0 Å². The minimum absolute atomic E-state index is 0.0680. The van der Waals surface area contributed by atoms with Crippen LogP contribution < -0.4 is 0 Å². The van der Waals surface area contributed by atoms with Crippen LogP contribution in [0.4, 0.5) is 0 Å². The molecule has 0 saturated heterocycles. The van der Waals surface area contributed by atoms with E-state index in [0.717, 1.165) is 51.6 Å². The lowest BCUT2D eigenvalue weighted by Gasteiger charge is -2.57. The maximum absolute atomic E-state index is 12.5. The molecule has 126 valence electrons.